The smallest absolute Gasteiger partial charge is 0.254 e. The van der Waals surface area contributed by atoms with Crippen LogP contribution in [0.3, 0.4) is 0 Å². The van der Waals surface area contributed by atoms with Crippen LogP contribution in [0.1, 0.15) is 41.8 Å². The molecule has 1 aromatic carbocycles. The zero-order valence-corrected chi connectivity index (χ0v) is 13.0. The number of hydrogen-bond acceptors (Lipinski definition) is 3. The predicted molar refractivity (Wildman–Crippen MR) is 85.0 cm³/mol. The molecule has 4 nitrogen and oxygen atoms in total. The highest BCUT2D eigenvalue weighted by atomic mass is 16.3. The van der Waals surface area contributed by atoms with Gasteiger partial charge in [-0.05, 0) is 44.9 Å². The normalized spacial score (nSPS) is 10.2. The maximum absolute atomic E-state index is 12.6. The van der Waals surface area contributed by atoms with Gasteiger partial charge in [0, 0.05) is 30.3 Å². The van der Waals surface area contributed by atoms with Gasteiger partial charge in [-0.25, -0.2) is 0 Å². The van der Waals surface area contributed by atoms with E-state index in [-0.39, 0.29) is 18.6 Å². The van der Waals surface area contributed by atoms with Crippen molar-refractivity contribution in [3.63, 3.8) is 0 Å². The average Bonchev–Trinajstić information content (AvgIpc) is 2.46. The van der Waals surface area contributed by atoms with Gasteiger partial charge in [0.25, 0.3) is 5.91 Å². The molecule has 114 valence electrons. The minimum Gasteiger partial charge on any atom is -0.396 e. The lowest BCUT2D eigenvalue weighted by Gasteiger charge is -2.26. The number of hydrogen-bond donors (Lipinski definition) is 2. The monoisotopic (exact) mass is 288 g/mol. The Kier molecular flexibility index (Phi) is 6.93. The first-order chi connectivity index (χ1) is 10.0. The number of aliphatic hydroxyl groups is 1. The van der Waals surface area contributed by atoms with Crippen LogP contribution >= 0.6 is 0 Å². The first kappa shape index (κ1) is 17.2. The van der Waals surface area contributed by atoms with Crippen LogP contribution in [0.25, 0.3) is 0 Å². The van der Waals surface area contributed by atoms with E-state index in [4.69, 9.17) is 10.8 Å². The molecule has 1 amide bonds. The van der Waals surface area contributed by atoms with Crippen molar-refractivity contribution < 1.29 is 9.90 Å². The van der Waals surface area contributed by atoms with E-state index in [1.54, 1.807) is 4.90 Å². The van der Waals surface area contributed by atoms with Gasteiger partial charge in [0.15, 0.2) is 0 Å². The molecule has 4 heteroatoms. The molecular formula is C17H24N2O2. The highest BCUT2D eigenvalue weighted by Gasteiger charge is 2.18. The van der Waals surface area contributed by atoms with Crippen LogP contribution in [0.5, 0.6) is 0 Å². The third kappa shape index (κ3) is 4.89. The standard InChI is InChI=1S/C17H24N2O2/c1-13(2)19(10-5-11-20)17(21)16-8-7-14(3)15(12-16)6-4-9-18/h7-8,12-13,20H,5,9-11,18H2,1-3H3. The largest absolute Gasteiger partial charge is 0.396 e. The molecule has 1 rings (SSSR count). The first-order valence-corrected chi connectivity index (χ1v) is 7.22. The molecule has 0 radical (unpaired) electrons. The molecule has 0 spiro atoms. The maximum Gasteiger partial charge on any atom is 0.254 e. The number of nitrogens with two attached hydrogens (primary N) is 1. The van der Waals surface area contributed by atoms with Crippen LogP contribution < -0.4 is 5.73 Å². The van der Waals surface area contributed by atoms with E-state index < -0.39 is 0 Å². The van der Waals surface area contributed by atoms with Crippen LogP contribution in [-0.4, -0.2) is 41.7 Å². The molecule has 0 aromatic heterocycles. The molecule has 0 aliphatic heterocycles. The summed E-state index contributed by atoms with van der Waals surface area (Å²) in [5.41, 5.74) is 7.87. The van der Waals surface area contributed by atoms with E-state index in [1.165, 1.54) is 0 Å². The molecule has 0 unspecified atom stereocenters. The van der Waals surface area contributed by atoms with Gasteiger partial charge < -0.3 is 15.7 Å². The number of amides is 1. The molecule has 0 aliphatic rings. The predicted octanol–water partition coefficient (Wildman–Crippen LogP) is 1.54. The lowest BCUT2D eigenvalue weighted by Crippen LogP contribution is -2.38. The summed E-state index contributed by atoms with van der Waals surface area (Å²) in [6, 6.07) is 5.62. The van der Waals surface area contributed by atoms with Gasteiger partial charge in [0.2, 0.25) is 0 Å². The Morgan fingerprint density at radius 1 is 1.43 bits per heavy atom. The second-order valence-electron chi connectivity index (χ2n) is 5.21. The summed E-state index contributed by atoms with van der Waals surface area (Å²) in [6.07, 6.45) is 0.579. The summed E-state index contributed by atoms with van der Waals surface area (Å²) < 4.78 is 0. The van der Waals surface area contributed by atoms with Crippen LogP contribution in [-0.2, 0) is 0 Å². The number of carbonyl (C=O) groups excluding carboxylic acids is 1. The third-order valence-corrected chi connectivity index (χ3v) is 3.25. The highest BCUT2D eigenvalue weighted by molar-refractivity contribution is 5.95. The minimum absolute atomic E-state index is 0.0331. The van der Waals surface area contributed by atoms with Gasteiger partial charge in [-0.15, -0.1) is 0 Å². The molecule has 0 heterocycles. The van der Waals surface area contributed by atoms with Crippen molar-refractivity contribution >= 4 is 5.91 Å². The number of nitrogens with zero attached hydrogens (tertiary/aromatic N) is 1. The fourth-order valence-electron chi connectivity index (χ4n) is 2.04. The van der Waals surface area contributed by atoms with Crippen LogP contribution in [0.15, 0.2) is 18.2 Å². The van der Waals surface area contributed by atoms with E-state index in [2.05, 4.69) is 11.8 Å². The Morgan fingerprint density at radius 2 is 2.14 bits per heavy atom. The molecule has 0 saturated carbocycles. The first-order valence-electron chi connectivity index (χ1n) is 7.22. The van der Waals surface area contributed by atoms with Crippen LogP contribution in [0.2, 0.25) is 0 Å². The topological polar surface area (TPSA) is 66.6 Å². The highest BCUT2D eigenvalue weighted by Crippen LogP contribution is 2.14. The summed E-state index contributed by atoms with van der Waals surface area (Å²) in [4.78, 5) is 14.4. The van der Waals surface area contributed by atoms with Gasteiger partial charge in [-0.2, -0.15) is 0 Å². The number of rotatable bonds is 5. The summed E-state index contributed by atoms with van der Waals surface area (Å²) >= 11 is 0. The van der Waals surface area contributed by atoms with Crippen LogP contribution in [0, 0.1) is 18.8 Å². The minimum atomic E-state index is -0.0331. The Morgan fingerprint density at radius 3 is 2.71 bits per heavy atom. The fraction of sp³-hybridized carbons (Fsp3) is 0.471. The van der Waals surface area contributed by atoms with E-state index >= 15 is 0 Å². The second-order valence-corrected chi connectivity index (χ2v) is 5.21. The molecular weight excluding hydrogens is 264 g/mol. The molecule has 0 fully saturated rings. The summed E-state index contributed by atoms with van der Waals surface area (Å²) in [5.74, 6) is 5.78. The van der Waals surface area contributed by atoms with E-state index in [0.29, 0.717) is 25.1 Å². The maximum atomic E-state index is 12.6. The average molecular weight is 288 g/mol. The van der Waals surface area contributed by atoms with Crippen molar-refractivity contribution in [1.82, 2.24) is 4.90 Å². The van der Waals surface area contributed by atoms with Gasteiger partial charge >= 0.3 is 0 Å². The van der Waals surface area contributed by atoms with E-state index in [0.717, 1.165) is 11.1 Å². The SMILES string of the molecule is Cc1ccc(C(=O)N(CCCO)C(C)C)cc1C#CCN. The van der Waals surface area contributed by atoms with Crippen molar-refractivity contribution in [1.29, 1.82) is 0 Å². The van der Waals surface area contributed by atoms with Gasteiger partial charge in [-0.1, -0.05) is 17.9 Å². The Hall–Kier alpha value is -1.83. The van der Waals surface area contributed by atoms with Gasteiger partial charge in [0.05, 0.1) is 6.54 Å². The zero-order valence-electron chi connectivity index (χ0n) is 13.0. The van der Waals surface area contributed by atoms with Gasteiger partial charge in [0.1, 0.15) is 0 Å². The molecule has 0 atom stereocenters. The molecule has 0 saturated heterocycles. The van der Waals surface area contributed by atoms with Crippen LogP contribution in [0.4, 0.5) is 0 Å². The fourth-order valence-corrected chi connectivity index (χ4v) is 2.04. The molecule has 1 aromatic rings. The number of benzene rings is 1. The Balaban J connectivity index is 3.05. The quantitative estimate of drug-likeness (QED) is 0.808. The molecule has 21 heavy (non-hydrogen) atoms. The summed E-state index contributed by atoms with van der Waals surface area (Å²) in [6.45, 7) is 6.83. The Bertz CT molecular complexity index is 541. The summed E-state index contributed by atoms with van der Waals surface area (Å²) in [7, 11) is 0. The van der Waals surface area contributed by atoms with E-state index in [1.807, 2.05) is 39.0 Å². The Labute approximate surface area is 127 Å². The van der Waals surface area contributed by atoms with Crippen molar-refractivity contribution in [2.75, 3.05) is 19.7 Å². The van der Waals surface area contributed by atoms with Crippen molar-refractivity contribution in [2.24, 2.45) is 5.73 Å². The zero-order chi connectivity index (χ0) is 15.8. The lowest BCUT2D eigenvalue weighted by atomic mass is 10.0. The van der Waals surface area contributed by atoms with Crippen molar-refractivity contribution in [3.05, 3.63) is 34.9 Å². The molecule has 0 aliphatic carbocycles. The third-order valence-electron chi connectivity index (χ3n) is 3.25. The number of aryl methyl sites for hydroxylation is 1. The van der Waals surface area contributed by atoms with Crippen molar-refractivity contribution in [2.45, 2.75) is 33.2 Å². The lowest BCUT2D eigenvalue weighted by molar-refractivity contribution is 0.0693. The van der Waals surface area contributed by atoms with Gasteiger partial charge in [-0.3, -0.25) is 4.79 Å². The second kappa shape index (κ2) is 8.46. The summed E-state index contributed by atoms with van der Waals surface area (Å²) in [5, 5.41) is 8.96. The number of aliphatic hydroxyl groups excluding tert-OH is 1. The molecule has 3 N–H and O–H groups in total. The molecule has 0 bridgehead atoms. The number of carbonyl (C=O) groups is 1. The van der Waals surface area contributed by atoms with Crippen molar-refractivity contribution in [3.8, 4) is 11.8 Å². The van der Waals surface area contributed by atoms with E-state index in [9.17, 15) is 4.79 Å².